The van der Waals surface area contributed by atoms with Gasteiger partial charge < -0.3 is 9.64 Å². The van der Waals surface area contributed by atoms with Crippen LogP contribution in [0.25, 0.3) is 0 Å². The van der Waals surface area contributed by atoms with Gasteiger partial charge in [-0.15, -0.1) is 0 Å². The van der Waals surface area contributed by atoms with Crippen LogP contribution in [0, 0.1) is 13.8 Å². The first-order valence-corrected chi connectivity index (χ1v) is 12.8. The van der Waals surface area contributed by atoms with E-state index in [9.17, 15) is 31.1 Å². The fraction of sp³-hybridized carbons (Fsp3) is 0.429. The maximum atomic E-state index is 13.6. The van der Waals surface area contributed by atoms with Gasteiger partial charge in [0.15, 0.2) is 5.82 Å². The first-order valence-electron chi connectivity index (χ1n) is 12.8. The van der Waals surface area contributed by atoms with E-state index in [1.54, 1.807) is 31.7 Å². The van der Waals surface area contributed by atoms with Gasteiger partial charge in [-0.05, 0) is 81.5 Å². The number of ether oxygens (including phenoxy) is 1. The predicted molar refractivity (Wildman–Crippen MR) is 138 cm³/mol. The van der Waals surface area contributed by atoms with E-state index in [2.05, 4.69) is 10.2 Å². The summed E-state index contributed by atoms with van der Waals surface area (Å²) >= 11 is 0. The zero-order valence-electron chi connectivity index (χ0n) is 22.5. The number of anilines is 2. The van der Waals surface area contributed by atoms with Crippen LogP contribution in [0.1, 0.15) is 66.2 Å². The van der Waals surface area contributed by atoms with Crippen molar-refractivity contribution in [2.75, 3.05) is 16.3 Å². The number of fused-ring (bicyclic) bond motifs is 1. The fourth-order valence-electron chi connectivity index (χ4n) is 4.88. The van der Waals surface area contributed by atoms with Gasteiger partial charge >= 0.3 is 18.4 Å². The molecule has 40 heavy (non-hydrogen) atoms. The Morgan fingerprint density at radius 1 is 1.05 bits per heavy atom. The summed E-state index contributed by atoms with van der Waals surface area (Å²) in [5.41, 5.74) is -0.129. The van der Waals surface area contributed by atoms with Crippen molar-refractivity contribution >= 4 is 17.6 Å². The second-order valence-corrected chi connectivity index (χ2v) is 10.3. The molecule has 0 fully saturated rings. The third-order valence-corrected chi connectivity index (χ3v) is 6.62. The average molecular weight is 569 g/mol. The molecule has 6 nitrogen and oxygen atoms in total. The van der Waals surface area contributed by atoms with Gasteiger partial charge in [0.25, 0.3) is 0 Å². The number of amides is 1. The molecule has 12 heteroatoms. The molecular formula is C28H30F6N4O2. The molecule has 1 atom stereocenters. The number of aromatic nitrogens is 2. The van der Waals surface area contributed by atoms with Crippen molar-refractivity contribution in [2.45, 2.75) is 71.6 Å². The van der Waals surface area contributed by atoms with Crippen LogP contribution in [0.2, 0.25) is 0 Å². The highest BCUT2D eigenvalue weighted by molar-refractivity contribution is 5.89. The maximum Gasteiger partial charge on any atom is 0.416 e. The Hall–Kier alpha value is -3.70. The predicted octanol–water partition coefficient (Wildman–Crippen LogP) is 7.96. The number of nitrogens with zero attached hydrogens (tertiary/aromatic N) is 3. The van der Waals surface area contributed by atoms with Gasteiger partial charge in [0.05, 0.1) is 29.0 Å². The highest BCUT2D eigenvalue weighted by atomic mass is 19.4. The summed E-state index contributed by atoms with van der Waals surface area (Å²) in [6.07, 6.45) is -9.86. The largest absolute Gasteiger partial charge is 0.446 e. The van der Waals surface area contributed by atoms with Crippen molar-refractivity contribution in [2.24, 2.45) is 0 Å². The van der Waals surface area contributed by atoms with Gasteiger partial charge in [-0.1, -0.05) is 12.1 Å². The van der Waals surface area contributed by atoms with Crippen LogP contribution in [-0.2, 0) is 23.6 Å². The summed E-state index contributed by atoms with van der Waals surface area (Å²) in [5, 5.41) is 7.10. The standard InChI is InChI=1S/C28H30F6N4O2/c1-16(2)40-26(39)37-9-5-6-23(22-8-7-17(3)10-24(22)37)38(25-11-18(4)35-36-25)15-19-12-20(27(29,30)31)14-21(13-19)28(32,33)34/h7-8,10-14,16,23H,5-6,9,15H2,1-4H3,(H,35,36). The van der Waals surface area contributed by atoms with Crippen LogP contribution in [0.5, 0.6) is 0 Å². The van der Waals surface area contributed by atoms with Crippen LogP contribution in [0.3, 0.4) is 0 Å². The number of carbonyl (C=O) groups excluding carboxylic acids is 1. The molecule has 0 saturated heterocycles. The van der Waals surface area contributed by atoms with Gasteiger partial charge in [0, 0.05) is 24.8 Å². The molecule has 0 aliphatic carbocycles. The van der Waals surface area contributed by atoms with Gasteiger partial charge in [0.1, 0.15) is 0 Å². The van der Waals surface area contributed by atoms with E-state index < -0.39 is 35.6 Å². The zero-order valence-corrected chi connectivity index (χ0v) is 22.5. The lowest BCUT2D eigenvalue weighted by molar-refractivity contribution is -0.143. The van der Waals surface area contributed by atoms with E-state index in [4.69, 9.17) is 4.74 Å². The van der Waals surface area contributed by atoms with Crippen LogP contribution in [-0.4, -0.2) is 28.9 Å². The molecule has 1 N–H and O–H groups in total. The molecule has 0 bridgehead atoms. The second-order valence-electron chi connectivity index (χ2n) is 10.3. The van der Waals surface area contributed by atoms with E-state index in [-0.39, 0.29) is 24.3 Å². The van der Waals surface area contributed by atoms with Gasteiger partial charge in [-0.3, -0.25) is 10.00 Å². The molecule has 0 spiro atoms. The molecule has 2 aromatic carbocycles. The Balaban J connectivity index is 1.84. The lowest BCUT2D eigenvalue weighted by Gasteiger charge is -2.33. The first kappa shape index (κ1) is 29.3. The number of hydrogen-bond donors (Lipinski definition) is 1. The number of halogens is 6. The highest BCUT2D eigenvalue weighted by Crippen LogP contribution is 2.42. The number of carbonyl (C=O) groups is 1. The summed E-state index contributed by atoms with van der Waals surface area (Å²) in [6.45, 7) is 7.12. The summed E-state index contributed by atoms with van der Waals surface area (Å²) in [6, 6.07) is 8.27. The number of nitrogens with one attached hydrogen (secondary N) is 1. The van der Waals surface area contributed by atoms with Crippen LogP contribution >= 0.6 is 0 Å². The number of H-pyrrole nitrogens is 1. The topological polar surface area (TPSA) is 61.5 Å². The van der Waals surface area contributed by atoms with Crippen molar-refractivity contribution in [3.8, 4) is 0 Å². The highest BCUT2D eigenvalue weighted by Gasteiger charge is 2.38. The molecule has 3 aromatic rings. The van der Waals surface area contributed by atoms with Crippen molar-refractivity contribution in [1.29, 1.82) is 0 Å². The Labute approximate surface area is 227 Å². The fourth-order valence-corrected chi connectivity index (χ4v) is 4.88. The number of benzene rings is 2. The molecule has 216 valence electrons. The number of aryl methyl sites for hydroxylation is 2. The van der Waals surface area contributed by atoms with Crippen LogP contribution in [0.15, 0.2) is 42.5 Å². The number of hydrogen-bond acceptors (Lipinski definition) is 4. The van der Waals surface area contributed by atoms with Gasteiger partial charge in [-0.25, -0.2) is 4.79 Å². The first-order chi connectivity index (χ1) is 18.6. The quantitative estimate of drug-likeness (QED) is 0.317. The van der Waals surface area contributed by atoms with E-state index in [1.165, 1.54) is 4.90 Å². The minimum absolute atomic E-state index is 0.120. The third-order valence-electron chi connectivity index (χ3n) is 6.62. The molecule has 0 radical (unpaired) electrons. The van der Waals surface area contributed by atoms with Crippen LogP contribution in [0.4, 0.5) is 42.6 Å². The lowest BCUT2D eigenvalue weighted by atomic mass is 9.97. The normalized spacial score (nSPS) is 16.1. The minimum atomic E-state index is -4.96. The van der Waals surface area contributed by atoms with E-state index in [0.29, 0.717) is 42.1 Å². The van der Waals surface area contributed by atoms with Crippen LogP contribution < -0.4 is 9.80 Å². The van der Waals surface area contributed by atoms with E-state index in [0.717, 1.165) is 17.7 Å². The molecule has 1 aliphatic heterocycles. The monoisotopic (exact) mass is 568 g/mol. The van der Waals surface area contributed by atoms with Crippen molar-refractivity contribution in [3.63, 3.8) is 0 Å². The Kier molecular flexibility index (Phi) is 8.09. The van der Waals surface area contributed by atoms with E-state index in [1.807, 2.05) is 25.1 Å². The molecule has 0 saturated carbocycles. The van der Waals surface area contributed by atoms with E-state index >= 15 is 0 Å². The third kappa shape index (κ3) is 6.53. The summed E-state index contributed by atoms with van der Waals surface area (Å²) < 4.78 is 87.1. The van der Waals surface area contributed by atoms with Gasteiger partial charge in [0.2, 0.25) is 0 Å². The number of aromatic amines is 1. The van der Waals surface area contributed by atoms with Crippen molar-refractivity contribution < 1.29 is 35.9 Å². The molecule has 4 rings (SSSR count). The van der Waals surface area contributed by atoms with Gasteiger partial charge in [-0.2, -0.15) is 31.4 Å². The SMILES string of the molecule is Cc1ccc2c(c1)N(C(=O)OC(C)C)CCCC2N(Cc1cc(C(F)(F)F)cc(C(F)(F)F)c1)c1cc(C)[nH]n1. The molecular weight excluding hydrogens is 538 g/mol. The second kappa shape index (κ2) is 11.1. The molecule has 1 amide bonds. The summed E-state index contributed by atoms with van der Waals surface area (Å²) in [7, 11) is 0. The maximum absolute atomic E-state index is 13.6. The lowest BCUT2D eigenvalue weighted by Crippen LogP contribution is -2.34. The number of alkyl halides is 6. The smallest absolute Gasteiger partial charge is 0.416 e. The summed E-state index contributed by atoms with van der Waals surface area (Å²) in [5.74, 6) is 0.359. The Morgan fingerprint density at radius 3 is 2.25 bits per heavy atom. The Morgan fingerprint density at radius 2 is 1.70 bits per heavy atom. The zero-order chi connectivity index (χ0) is 29.4. The Bertz CT molecular complexity index is 1330. The minimum Gasteiger partial charge on any atom is -0.446 e. The molecule has 1 aliphatic rings. The number of rotatable bonds is 5. The summed E-state index contributed by atoms with van der Waals surface area (Å²) in [4.78, 5) is 16.2. The molecule has 1 aromatic heterocycles. The molecule has 1 unspecified atom stereocenters. The van der Waals surface area contributed by atoms with Crippen molar-refractivity contribution in [3.05, 3.63) is 76.0 Å². The molecule has 2 heterocycles. The average Bonchev–Trinajstić information content (AvgIpc) is 3.18. The van der Waals surface area contributed by atoms with Crippen molar-refractivity contribution in [1.82, 2.24) is 10.2 Å².